The summed E-state index contributed by atoms with van der Waals surface area (Å²) in [4.78, 5) is 11.2. The average molecular weight is 382 g/mol. The minimum absolute atomic E-state index is 0.109. The molecule has 2 saturated carbocycles. The minimum Gasteiger partial charge on any atom is -0.456 e. The fourth-order valence-corrected chi connectivity index (χ4v) is 4.43. The molecule has 0 spiro atoms. The molecule has 8 heteroatoms. The molecular formula is C18H29F3O5. The molecule has 2 aliphatic rings. The molecule has 0 bridgehead atoms. The molecule has 0 aromatic heterocycles. The van der Waals surface area contributed by atoms with Gasteiger partial charge in [-0.15, -0.1) is 0 Å². The maximum absolute atomic E-state index is 12.5. The topological polar surface area (TPSA) is 65.0 Å². The van der Waals surface area contributed by atoms with Crippen LogP contribution in [-0.2, 0) is 19.0 Å². The van der Waals surface area contributed by atoms with Crippen LogP contribution in [0.2, 0.25) is 0 Å². The van der Waals surface area contributed by atoms with Gasteiger partial charge in [-0.2, -0.15) is 13.2 Å². The number of carbonyl (C=O) groups excluding carboxylic acids is 1. The Morgan fingerprint density at radius 3 is 1.58 bits per heavy atom. The van der Waals surface area contributed by atoms with E-state index in [4.69, 9.17) is 9.47 Å². The van der Waals surface area contributed by atoms with Gasteiger partial charge in [0.2, 0.25) is 0 Å². The highest BCUT2D eigenvalue weighted by molar-refractivity contribution is 5.75. The summed E-state index contributed by atoms with van der Waals surface area (Å²) in [7, 11) is 3.27. The molecule has 0 atom stereocenters. The van der Waals surface area contributed by atoms with Crippen molar-refractivity contribution in [2.45, 2.75) is 75.4 Å². The van der Waals surface area contributed by atoms with E-state index in [2.05, 4.69) is 4.74 Å². The molecule has 0 unspecified atom stereocenters. The lowest BCUT2D eigenvalue weighted by atomic mass is 9.66. The predicted octanol–water partition coefficient (Wildman–Crippen LogP) is 3.23. The smallest absolute Gasteiger partial charge is 0.456 e. The van der Waals surface area contributed by atoms with Crippen LogP contribution in [0.15, 0.2) is 0 Å². The van der Waals surface area contributed by atoms with Crippen LogP contribution in [0.5, 0.6) is 0 Å². The molecule has 0 radical (unpaired) electrons. The van der Waals surface area contributed by atoms with E-state index in [1.54, 1.807) is 14.2 Å². The van der Waals surface area contributed by atoms with Gasteiger partial charge >= 0.3 is 12.1 Å². The van der Waals surface area contributed by atoms with Gasteiger partial charge < -0.3 is 19.3 Å². The standard InChI is InChI=1S/C18H29F3O5/c1-24-14-7-3-12(4-8-14)17(23,11-26-16(22)18(19,20)21)13-5-9-15(25-2)10-6-13/h12-15,23H,3-11H2,1-2H3. The maximum Gasteiger partial charge on any atom is 0.490 e. The Balaban J connectivity index is 2.09. The number of carbonyl (C=O) groups is 1. The van der Waals surface area contributed by atoms with E-state index >= 15 is 0 Å². The molecule has 2 rings (SSSR count). The summed E-state index contributed by atoms with van der Waals surface area (Å²) in [6.45, 7) is -0.615. The van der Waals surface area contributed by atoms with E-state index in [0.29, 0.717) is 25.7 Å². The second-order valence-electron chi connectivity index (χ2n) is 7.48. The number of alkyl halides is 3. The number of esters is 1. The summed E-state index contributed by atoms with van der Waals surface area (Å²) in [6, 6.07) is 0. The van der Waals surface area contributed by atoms with E-state index in [1.165, 1.54) is 0 Å². The summed E-state index contributed by atoms with van der Waals surface area (Å²) in [5, 5.41) is 11.4. The molecule has 1 N–H and O–H groups in total. The molecule has 0 amide bonds. The Hall–Kier alpha value is -0.860. The van der Waals surface area contributed by atoms with Gasteiger partial charge in [0.05, 0.1) is 12.2 Å². The quantitative estimate of drug-likeness (QED) is 0.715. The first-order valence-corrected chi connectivity index (χ1v) is 9.22. The summed E-state index contributed by atoms with van der Waals surface area (Å²) in [5.41, 5.74) is -1.45. The largest absolute Gasteiger partial charge is 0.490 e. The third kappa shape index (κ3) is 5.10. The van der Waals surface area contributed by atoms with Crippen LogP contribution < -0.4 is 0 Å². The first-order valence-electron chi connectivity index (χ1n) is 9.22. The highest BCUT2D eigenvalue weighted by atomic mass is 19.4. The number of hydrogen-bond acceptors (Lipinski definition) is 5. The fourth-order valence-electron chi connectivity index (χ4n) is 4.43. The Bertz CT molecular complexity index is 428. The lowest BCUT2D eigenvalue weighted by Gasteiger charge is -2.46. The monoisotopic (exact) mass is 382 g/mol. The van der Waals surface area contributed by atoms with E-state index < -0.39 is 24.4 Å². The number of aliphatic hydroxyl groups is 1. The second kappa shape index (κ2) is 8.89. The second-order valence-corrected chi connectivity index (χ2v) is 7.48. The maximum atomic E-state index is 12.5. The number of methoxy groups -OCH3 is 2. The third-order valence-corrected chi connectivity index (χ3v) is 6.09. The van der Waals surface area contributed by atoms with E-state index in [-0.39, 0.29) is 24.0 Å². The lowest BCUT2D eigenvalue weighted by Crippen LogP contribution is -2.53. The van der Waals surface area contributed by atoms with Crippen LogP contribution in [0.4, 0.5) is 13.2 Å². The zero-order valence-corrected chi connectivity index (χ0v) is 15.4. The van der Waals surface area contributed by atoms with Crippen molar-refractivity contribution in [2.75, 3.05) is 20.8 Å². The molecule has 0 aromatic carbocycles. The van der Waals surface area contributed by atoms with Gasteiger partial charge in [-0.3, -0.25) is 0 Å². The molecular weight excluding hydrogens is 353 g/mol. The first kappa shape index (κ1) is 21.4. The van der Waals surface area contributed by atoms with Gasteiger partial charge in [-0.1, -0.05) is 0 Å². The van der Waals surface area contributed by atoms with Crippen LogP contribution in [0.3, 0.4) is 0 Å². The Kier molecular flexibility index (Phi) is 7.33. The van der Waals surface area contributed by atoms with Gasteiger partial charge in [0.1, 0.15) is 12.2 Å². The predicted molar refractivity (Wildman–Crippen MR) is 87.5 cm³/mol. The molecule has 2 aliphatic carbocycles. The van der Waals surface area contributed by atoms with E-state index in [1.807, 2.05) is 0 Å². The van der Waals surface area contributed by atoms with Gasteiger partial charge in [0, 0.05) is 14.2 Å². The van der Waals surface area contributed by atoms with Crippen molar-refractivity contribution < 1.29 is 37.3 Å². The lowest BCUT2D eigenvalue weighted by molar-refractivity contribution is -0.213. The third-order valence-electron chi connectivity index (χ3n) is 6.09. The van der Waals surface area contributed by atoms with Crippen LogP contribution in [-0.4, -0.2) is 55.9 Å². The van der Waals surface area contributed by atoms with Crippen LogP contribution in [0.25, 0.3) is 0 Å². The first-order chi connectivity index (χ1) is 12.2. The fraction of sp³-hybridized carbons (Fsp3) is 0.944. The van der Waals surface area contributed by atoms with Gasteiger partial charge in [-0.25, -0.2) is 4.79 Å². The van der Waals surface area contributed by atoms with Crippen LogP contribution >= 0.6 is 0 Å². The Labute approximate surface area is 152 Å². The molecule has 152 valence electrons. The Morgan fingerprint density at radius 1 is 0.885 bits per heavy atom. The average Bonchev–Trinajstić information content (AvgIpc) is 2.65. The van der Waals surface area contributed by atoms with Crippen molar-refractivity contribution in [1.29, 1.82) is 0 Å². The highest BCUT2D eigenvalue weighted by Crippen LogP contribution is 2.44. The minimum atomic E-state index is -5.05. The van der Waals surface area contributed by atoms with Crippen molar-refractivity contribution in [3.05, 3.63) is 0 Å². The molecule has 5 nitrogen and oxygen atoms in total. The van der Waals surface area contributed by atoms with Crippen LogP contribution in [0.1, 0.15) is 51.4 Å². The van der Waals surface area contributed by atoms with E-state index in [9.17, 15) is 23.1 Å². The zero-order chi connectivity index (χ0) is 19.4. The van der Waals surface area contributed by atoms with Crippen molar-refractivity contribution in [2.24, 2.45) is 11.8 Å². The normalized spacial score (nSPS) is 32.7. The number of rotatable bonds is 6. The molecule has 26 heavy (non-hydrogen) atoms. The molecule has 0 heterocycles. The van der Waals surface area contributed by atoms with Gasteiger partial charge in [-0.05, 0) is 63.2 Å². The summed E-state index contributed by atoms with van der Waals surface area (Å²) in [6.07, 6.45) is 0.692. The molecule has 2 fully saturated rings. The number of ether oxygens (including phenoxy) is 3. The van der Waals surface area contributed by atoms with E-state index in [0.717, 1.165) is 25.7 Å². The Morgan fingerprint density at radius 2 is 1.27 bits per heavy atom. The van der Waals surface area contributed by atoms with Gasteiger partial charge in [0.15, 0.2) is 0 Å². The number of halogens is 3. The van der Waals surface area contributed by atoms with Gasteiger partial charge in [0.25, 0.3) is 0 Å². The van der Waals surface area contributed by atoms with Crippen molar-refractivity contribution in [3.8, 4) is 0 Å². The van der Waals surface area contributed by atoms with Crippen molar-refractivity contribution in [3.63, 3.8) is 0 Å². The number of hydrogen-bond donors (Lipinski definition) is 1. The summed E-state index contributed by atoms with van der Waals surface area (Å²) >= 11 is 0. The van der Waals surface area contributed by atoms with Crippen LogP contribution in [0, 0.1) is 11.8 Å². The molecule has 0 aromatic rings. The zero-order valence-electron chi connectivity index (χ0n) is 15.4. The van der Waals surface area contributed by atoms with Crippen molar-refractivity contribution in [1.82, 2.24) is 0 Å². The highest BCUT2D eigenvalue weighted by Gasteiger charge is 2.49. The summed E-state index contributed by atoms with van der Waals surface area (Å²) in [5.74, 6) is -2.66. The SMILES string of the molecule is COC1CCC(C(O)(COC(=O)C(F)(F)F)C2CCC(OC)CC2)CC1. The van der Waals surface area contributed by atoms with Crippen molar-refractivity contribution >= 4 is 5.97 Å². The molecule has 0 aliphatic heterocycles. The summed E-state index contributed by atoms with van der Waals surface area (Å²) < 4.78 is 52.7. The molecule has 0 saturated heterocycles.